The van der Waals surface area contributed by atoms with Gasteiger partial charge in [-0.25, -0.2) is 9.59 Å². The average Bonchev–Trinajstić information content (AvgIpc) is 2.99. The maximum Gasteiger partial charge on any atom is 0.345 e. The molecule has 0 radical (unpaired) electrons. The monoisotopic (exact) mass is 322 g/mol. The minimum Gasteiger partial charge on any atom is -0.496 e. The number of carbonyl (C=O) groups excluding carboxylic acids is 2. The first kappa shape index (κ1) is 16.7. The lowest BCUT2D eigenvalue weighted by atomic mass is 10.1. The van der Waals surface area contributed by atoms with Crippen molar-refractivity contribution >= 4 is 18.0 Å². The Kier molecular flexibility index (Phi) is 5.46. The molecule has 0 unspecified atom stereocenters. The molecule has 0 atom stereocenters. The molecule has 1 aromatic carbocycles. The first-order valence-electron chi connectivity index (χ1n) is 7.14. The molecular weight excluding hydrogens is 304 g/mol. The second-order valence-corrected chi connectivity index (χ2v) is 4.45. The Morgan fingerprint density at radius 1 is 1.09 bits per heavy atom. The van der Waals surface area contributed by atoms with Gasteiger partial charge in [0, 0.05) is 11.6 Å². The van der Waals surface area contributed by atoms with Gasteiger partial charge in [-0.1, -0.05) is 0 Å². The van der Waals surface area contributed by atoms with Crippen molar-refractivity contribution in [1.82, 2.24) is 0 Å². The maximum absolute atomic E-state index is 12.0. The molecule has 1 aliphatic rings. The third kappa shape index (κ3) is 3.74. The molecule has 7 nitrogen and oxygen atoms in total. The Morgan fingerprint density at radius 2 is 1.65 bits per heavy atom. The van der Waals surface area contributed by atoms with Crippen molar-refractivity contribution in [2.45, 2.75) is 13.8 Å². The zero-order valence-corrected chi connectivity index (χ0v) is 13.2. The zero-order chi connectivity index (χ0) is 16.8. The summed E-state index contributed by atoms with van der Waals surface area (Å²) in [5.74, 6) is -0.0476. The van der Waals surface area contributed by atoms with E-state index in [4.69, 9.17) is 23.7 Å². The number of ether oxygens (including phenoxy) is 5. The van der Waals surface area contributed by atoms with Crippen molar-refractivity contribution in [2.24, 2.45) is 0 Å². The van der Waals surface area contributed by atoms with Crippen LogP contribution in [0.5, 0.6) is 17.2 Å². The zero-order valence-electron chi connectivity index (χ0n) is 13.2. The largest absolute Gasteiger partial charge is 0.496 e. The van der Waals surface area contributed by atoms with Crippen LogP contribution in [-0.4, -0.2) is 39.1 Å². The van der Waals surface area contributed by atoms with Gasteiger partial charge in [-0.05, 0) is 26.0 Å². The highest BCUT2D eigenvalue weighted by atomic mass is 16.7. The minimum absolute atomic E-state index is 0.105. The van der Waals surface area contributed by atoms with Crippen LogP contribution in [0.3, 0.4) is 0 Å². The summed E-state index contributed by atoms with van der Waals surface area (Å²) in [5, 5.41) is 0. The fraction of sp³-hybridized carbons (Fsp3) is 0.375. The summed E-state index contributed by atoms with van der Waals surface area (Å²) in [7, 11) is 1.48. The number of methoxy groups -OCH3 is 1. The highest BCUT2D eigenvalue weighted by Crippen LogP contribution is 2.39. The van der Waals surface area contributed by atoms with Crippen LogP contribution in [0.2, 0.25) is 0 Å². The third-order valence-corrected chi connectivity index (χ3v) is 3.02. The van der Waals surface area contributed by atoms with Crippen LogP contribution < -0.4 is 14.2 Å². The molecule has 1 aromatic rings. The molecule has 0 fully saturated rings. The van der Waals surface area contributed by atoms with E-state index in [1.165, 1.54) is 13.2 Å². The molecule has 0 spiro atoms. The van der Waals surface area contributed by atoms with E-state index in [-0.39, 0.29) is 25.6 Å². The second-order valence-electron chi connectivity index (χ2n) is 4.45. The van der Waals surface area contributed by atoms with Crippen LogP contribution >= 0.6 is 0 Å². The Morgan fingerprint density at radius 3 is 2.17 bits per heavy atom. The normalized spacial score (nSPS) is 11.6. The molecule has 2 rings (SSSR count). The summed E-state index contributed by atoms with van der Waals surface area (Å²) in [4.78, 5) is 24.0. The van der Waals surface area contributed by atoms with Crippen LogP contribution in [0.1, 0.15) is 19.4 Å². The quantitative estimate of drug-likeness (QED) is 0.342. The van der Waals surface area contributed by atoms with Crippen molar-refractivity contribution in [3.05, 3.63) is 23.3 Å². The van der Waals surface area contributed by atoms with Gasteiger partial charge in [-0.2, -0.15) is 0 Å². The Balaban J connectivity index is 2.45. The van der Waals surface area contributed by atoms with Crippen LogP contribution in [0.25, 0.3) is 6.08 Å². The molecule has 1 heterocycles. The standard InChI is InChI=1S/C16H18O7/c1-4-20-15(17)11(16(18)21-5-2)6-10-7-13-14(23-9-22-13)8-12(10)19-3/h6-8H,4-5,9H2,1-3H3. The summed E-state index contributed by atoms with van der Waals surface area (Å²) in [6, 6.07) is 3.25. The van der Waals surface area contributed by atoms with E-state index < -0.39 is 11.9 Å². The number of fused-ring (bicyclic) bond motifs is 1. The third-order valence-electron chi connectivity index (χ3n) is 3.02. The first-order chi connectivity index (χ1) is 11.1. The molecule has 0 amide bonds. The van der Waals surface area contributed by atoms with Gasteiger partial charge in [0.2, 0.25) is 6.79 Å². The van der Waals surface area contributed by atoms with Gasteiger partial charge in [0.25, 0.3) is 0 Å². The van der Waals surface area contributed by atoms with Crippen LogP contribution in [0.4, 0.5) is 0 Å². The molecular formula is C16H18O7. The SMILES string of the molecule is CCOC(=O)C(=Cc1cc2c(cc1OC)OCO2)C(=O)OCC. The first-order valence-corrected chi connectivity index (χ1v) is 7.14. The van der Waals surface area contributed by atoms with Crippen molar-refractivity contribution in [3.8, 4) is 17.2 Å². The lowest BCUT2D eigenvalue weighted by Gasteiger charge is -2.09. The molecule has 124 valence electrons. The fourth-order valence-electron chi connectivity index (χ4n) is 2.00. The van der Waals surface area contributed by atoms with E-state index in [0.717, 1.165) is 0 Å². The van der Waals surface area contributed by atoms with Gasteiger partial charge in [0.05, 0.1) is 20.3 Å². The van der Waals surface area contributed by atoms with Gasteiger partial charge >= 0.3 is 11.9 Å². The summed E-state index contributed by atoms with van der Waals surface area (Å²) in [6.07, 6.45) is 1.36. The molecule has 0 bridgehead atoms. The number of benzene rings is 1. The van der Waals surface area contributed by atoms with Crippen LogP contribution in [0.15, 0.2) is 17.7 Å². The van der Waals surface area contributed by atoms with E-state index in [9.17, 15) is 9.59 Å². The van der Waals surface area contributed by atoms with Crippen LogP contribution in [0, 0.1) is 0 Å². The highest BCUT2D eigenvalue weighted by molar-refractivity contribution is 6.17. The molecule has 23 heavy (non-hydrogen) atoms. The van der Waals surface area contributed by atoms with Gasteiger partial charge in [0.1, 0.15) is 11.3 Å². The predicted octanol–water partition coefficient (Wildman–Crippen LogP) is 1.93. The van der Waals surface area contributed by atoms with Gasteiger partial charge in [0.15, 0.2) is 11.5 Å². The molecule has 0 saturated carbocycles. The topological polar surface area (TPSA) is 80.3 Å². The number of carbonyl (C=O) groups is 2. The van der Waals surface area contributed by atoms with Crippen molar-refractivity contribution < 1.29 is 33.3 Å². The number of rotatable bonds is 6. The van der Waals surface area contributed by atoms with Gasteiger partial charge < -0.3 is 23.7 Å². The van der Waals surface area contributed by atoms with Crippen LogP contribution in [-0.2, 0) is 19.1 Å². The highest BCUT2D eigenvalue weighted by Gasteiger charge is 2.23. The van der Waals surface area contributed by atoms with E-state index in [2.05, 4.69) is 0 Å². The Hall–Kier alpha value is -2.70. The summed E-state index contributed by atoms with van der Waals surface area (Å²) in [5.41, 5.74) is 0.263. The molecule has 0 saturated heterocycles. The number of hydrogen-bond donors (Lipinski definition) is 0. The molecule has 0 aromatic heterocycles. The summed E-state index contributed by atoms with van der Waals surface area (Å²) >= 11 is 0. The number of hydrogen-bond acceptors (Lipinski definition) is 7. The van der Waals surface area contributed by atoms with Gasteiger partial charge in [-0.15, -0.1) is 0 Å². The Labute approximate surface area is 133 Å². The average molecular weight is 322 g/mol. The summed E-state index contributed by atoms with van der Waals surface area (Å²) in [6.45, 7) is 3.71. The molecule has 0 N–H and O–H groups in total. The molecule has 7 heteroatoms. The van der Waals surface area contributed by atoms with Crippen molar-refractivity contribution in [1.29, 1.82) is 0 Å². The lowest BCUT2D eigenvalue weighted by molar-refractivity contribution is -0.146. The number of esters is 2. The lowest BCUT2D eigenvalue weighted by Crippen LogP contribution is -2.18. The summed E-state index contributed by atoms with van der Waals surface area (Å²) < 4.78 is 25.6. The van der Waals surface area contributed by atoms with E-state index in [1.807, 2.05) is 0 Å². The molecule has 1 aliphatic heterocycles. The van der Waals surface area contributed by atoms with Crippen molar-refractivity contribution in [2.75, 3.05) is 27.1 Å². The smallest absolute Gasteiger partial charge is 0.345 e. The van der Waals surface area contributed by atoms with E-state index >= 15 is 0 Å². The second kappa shape index (κ2) is 7.53. The fourth-order valence-corrected chi connectivity index (χ4v) is 2.00. The maximum atomic E-state index is 12.0. The van der Waals surface area contributed by atoms with E-state index in [1.54, 1.807) is 26.0 Å². The van der Waals surface area contributed by atoms with E-state index in [0.29, 0.717) is 22.8 Å². The Bertz CT molecular complexity index is 614. The van der Waals surface area contributed by atoms with Crippen molar-refractivity contribution in [3.63, 3.8) is 0 Å². The minimum atomic E-state index is -0.759. The molecule has 0 aliphatic carbocycles. The predicted molar refractivity (Wildman–Crippen MR) is 80.4 cm³/mol. The van der Waals surface area contributed by atoms with Gasteiger partial charge in [-0.3, -0.25) is 0 Å².